The maximum Gasteiger partial charge on any atom is 0.200 e. The molecule has 6 aromatic carbocycles. The molecule has 7 aromatic rings. The van der Waals surface area contributed by atoms with E-state index in [-0.39, 0.29) is 6.10 Å². The monoisotopic (exact) mass is 957 g/mol. The summed E-state index contributed by atoms with van der Waals surface area (Å²) in [7, 11) is 0. The van der Waals surface area contributed by atoms with Gasteiger partial charge >= 0.3 is 0 Å². The van der Waals surface area contributed by atoms with Crippen LogP contribution in [-0.4, -0.2) is 12.2 Å². The summed E-state index contributed by atoms with van der Waals surface area (Å²) in [5, 5.41) is 2.54. The van der Waals surface area contributed by atoms with Crippen LogP contribution in [0.1, 0.15) is 19.4 Å². The van der Waals surface area contributed by atoms with Gasteiger partial charge in [0.25, 0.3) is 0 Å². The minimum Gasteiger partial charge on any atom is -0.491 e. The average molecular weight is 957 g/mol. The smallest absolute Gasteiger partial charge is 0.200 e. The lowest BCUT2D eigenvalue weighted by Crippen LogP contribution is -2.81. The molecule has 2 nitrogen and oxygen atoms in total. The predicted octanol–water partition coefficient (Wildman–Crippen LogP) is 9.81. The van der Waals surface area contributed by atoms with Gasteiger partial charge in [-0.15, -0.1) is 21.9 Å². The van der Waals surface area contributed by atoms with Gasteiger partial charge in [-0.25, -0.2) is 92.4 Å². The van der Waals surface area contributed by atoms with E-state index in [0.29, 0.717) is 0 Å². The van der Waals surface area contributed by atoms with Gasteiger partial charge in [0.05, 0.1) is 6.10 Å². The molecule has 0 bridgehead atoms. The van der Waals surface area contributed by atoms with Crippen LogP contribution < -0.4 is 31.2 Å². The lowest BCUT2D eigenvalue weighted by Gasteiger charge is -2.44. The molecule has 0 saturated heterocycles. The van der Waals surface area contributed by atoms with E-state index < -0.39 is 144 Å². The molecule has 0 N–H and O–H groups in total. The number of fused-ring (bicyclic) bond motifs is 1. The lowest BCUT2D eigenvalue weighted by molar-refractivity contribution is -0.687. The second-order valence-corrected chi connectivity index (χ2v) is 14.4. The average Bonchev–Trinajstić information content (AvgIpc) is 3.29. The molecule has 0 fully saturated rings. The van der Waals surface area contributed by atoms with Gasteiger partial charge in [-0.05, 0) is 49.6 Å². The number of rotatable bonds is 8. The zero-order valence-corrected chi connectivity index (χ0v) is 32.6. The van der Waals surface area contributed by atoms with Gasteiger partial charge < -0.3 is 4.74 Å². The normalized spacial score (nSPS) is 11.7. The highest BCUT2D eigenvalue weighted by molar-refractivity contribution is 7.20. The Balaban J connectivity index is 0.000000284. The number of hydrogen-bond acceptors (Lipinski definition) is 1. The Hall–Kier alpha value is -6.81. The van der Waals surface area contributed by atoms with Crippen LogP contribution in [0.15, 0.2) is 67.0 Å². The SMILES string of the molecule is CC(C)Oc1ccc(C[n+]2ccc3ccccc3c2)cc1.Fc1c(F)c(F)c([B-](c2c(F)c(F)c(F)c(F)c2F)(c2c(F)c(F)c(F)c(F)c2F)c2c(F)c(F)c(F)c(F)c2F)c(F)c1F. The van der Waals surface area contributed by atoms with E-state index in [4.69, 9.17) is 4.74 Å². The van der Waals surface area contributed by atoms with Crippen molar-refractivity contribution >= 4 is 38.8 Å². The number of nitrogens with zero attached hydrogens (tertiary/aromatic N) is 1. The number of hydrogen-bond donors (Lipinski definition) is 0. The molecule has 0 amide bonds. The zero-order chi connectivity index (χ0) is 49.0. The molecule has 0 unspecified atom stereocenters. The predicted molar refractivity (Wildman–Crippen MR) is 195 cm³/mol. The third-order valence-electron chi connectivity index (χ3n) is 10.1. The Morgan fingerprint density at radius 3 is 0.970 bits per heavy atom. The van der Waals surface area contributed by atoms with Gasteiger partial charge in [0, 0.05) is 17.0 Å². The van der Waals surface area contributed by atoms with Crippen molar-refractivity contribution in [2.24, 2.45) is 0 Å². The fraction of sp³-hybridized carbons (Fsp3) is 0.0930. The first kappa shape index (κ1) is 48.6. The largest absolute Gasteiger partial charge is 0.491 e. The van der Waals surface area contributed by atoms with E-state index in [1.807, 2.05) is 26.0 Å². The topological polar surface area (TPSA) is 13.1 Å². The summed E-state index contributed by atoms with van der Waals surface area (Å²) in [6.45, 7) is 4.95. The molecule has 0 aliphatic carbocycles. The maximum atomic E-state index is 15.4. The van der Waals surface area contributed by atoms with Crippen LogP contribution in [0.4, 0.5) is 87.8 Å². The minimum absolute atomic E-state index is 0.214. The maximum absolute atomic E-state index is 15.4. The summed E-state index contributed by atoms with van der Waals surface area (Å²) < 4.78 is 302. The van der Waals surface area contributed by atoms with E-state index >= 15 is 35.1 Å². The summed E-state index contributed by atoms with van der Waals surface area (Å²) in [5.41, 5.74) is -13.1. The van der Waals surface area contributed by atoms with Crippen molar-refractivity contribution in [2.45, 2.75) is 26.5 Å². The van der Waals surface area contributed by atoms with E-state index in [1.165, 1.54) is 16.3 Å². The Kier molecular flexibility index (Phi) is 13.4. The van der Waals surface area contributed by atoms with E-state index in [9.17, 15) is 52.7 Å². The highest BCUT2D eigenvalue weighted by atomic mass is 19.2. The Morgan fingerprint density at radius 1 is 0.379 bits per heavy atom. The van der Waals surface area contributed by atoms with Crippen molar-refractivity contribution in [3.05, 3.63) is 189 Å². The van der Waals surface area contributed by atoms with Crippen LogP contribution in [0, 0.1) is 116 Å². The molecule has 0 aliphatic rings. The van der Waals surface area contributed by atoms with Crippen LogP contribution in [0.5, 0.6) is 5.75 Å². The number of pyridine rings is 1. The zero-order valence-electron chi connectivity index (χ0n) is 32.6. The Morgan fingerprint density at radius 2 is 0.667 bits per heavy atom. The fourth-order valence-electron chi connectivity index (χ4n) is 7.31. The second kappa shape index (κ2) is 18.2. The molecule has 66 heavy (non-hydrogen) atoms. The fourth-order valence-corrected chi connectivity index (χ4v) is 7.31. The highest BCUT2D eigenvalue weighted by Gasteiger charge is 2.52. The van der Waals surface area contributed by atoms with Gasteiger partial charge in [0.2, 0.25) is 0 Å². The van der Waals surface area contributed by atoms with Crippen LogP contribution in [-0.2, 0) is 6.54 Å². The molecular weight excluding hydrogens is 937 g/mol. The first-order valence-electron chi connectivity index (χ1n) is 18.3. The van der Waals surface area contributed by atoms with Crippen LogP contribution in [0.3, 0.4) is 0 Å². The van der Waals surface area contributed by atoms with Crippen molar-refractivity contribution < 1.29 is 97.1 Å². The second-order valence-electron chi connectivity index (χ2n) is 14.4. The Bertz CT molecular complexity index is 2690. The van der Waals surface area contributed by atoms with E-state index in [0.717, 1.165) is 12.3 Å². The van der Waals surface area contributed by atoms with Crippen molar-refractivity contribution in [1.82, 2.24) is 0 Å². The van der Waals surface area contributed by atoms with Gasteiger partial charge in [0.1, 0.15) is 58.4 Å². The molecule has 0 saturated carbocycles. The molecule has 23 heteroatoms. The highest BCUT2D eigenvalue weighted by Crippen LogP contribution is 2.31. The summed E-state index contributed by atoms with van der Waals surface area (Å²) in [6.07, 6.45) is -2.69. The first-order valence-corrected chi connectivity index (χ1v) is 18.3. The third kappa shape index (κ3) is 7.90. The van der Waals surface area contributed by atoms with Crippen molar-refractivity contribution in [3.8, 4) is 5.75 Å². The lowest BCUT2D eigenvalue weighted by atomic mass is 9.12. The Labute approximate surface area is 356 Å². The molecular formula is C43H20BF20NO. The summed E-state index contributed by atoms with van der Waals surface area (Å²) in [4.78, 5) is 0. The molecule has 0 aliphatic heterocycles. The van der Waals surface area contributed by atoms with E-state index in [2.05, 4.69) is 59.4 Å². The van der Waals surface area contributed by atoms with Crippen LogP contribution in [0.25, 0.3) is 10.8 Å². The van der Waals surface area contributed by atoms with Crippen molar-refractivity contribution in [3.63, 3.8) is 0 Å². The van der Waals surface area contributed by atoms with Crippen LogP contribution in [0.2, 0.25) is 0 Å². The van der Waals surface area contributed by atoms with Gasteiger partial charge in [-0.1, -0.05) is 18.2 Å². The van der Waals surface area contributed by atoms with Crippen molar-refractivity contribution in [1.29, 1.82) is 0 Å². The molecule has 0 radical (unpaired) electrons. The third-order valence-corrected chi connectivity index (χ3v) is 10.1. The summed E-state index contributed by atoms with van der Waals surface area (Å²) in [6, 6.07) is 18.9. The van der Waals surface area contributed by atoms with Gasteiger partial charge in [-0.2, -0.15) is 0 Å². The number of halogens is 20. The number of ether oxygens (including phenoxy) is 1. The first-order chi connectivity index (χ1) is 30.9. The van der Waals surface area contributed by atoms with E-state index in [1.54, 1.807) is 0 Å². The molecule has 1 aromatic heterocycles. The summed E-state index contributed by atoms with van der Waals surface area (Å²) >= 11 is 0. The minimum atomic E-state index is -7.22. The summed E-state index contributed by atoms with van der Waals surface area (Å²) in [5.74, 6) is -70.5. The van der Waals surface area contributed by atoms with Gasteiger partial charge in [0.15, 0.2) is 88.7 Å². The molecule has 346 valence electrons. The van der Waals surface area contributed by atoms with Gasteiger partial charge in [-0.3, -0.25) is 0 Å². The standard InChI is InChI=1S/C24BF20.C19H20NO/c26-5-1(6(27)14(35)21(42)13(5)34)25(2-7(28)15(36)22(43)16(37)8(2)29,3-9(30)17(38)23(44)18(39)10(3)31)4-11(32)19(40)24(45)20(41)12(4)33;1-15(2)21-19-9-7-16(8-10-19)13-20-12-11-17-5-3-4-6-18(17)14-20/h;3-12,14-15H,13H2,1-2H3/q-1;+1. The number of aromatic nitrogens is 1. The molecule has 1 heterocycles. The molecule has 0 atom stereocenters. The molecule has 7 rings (SSSR count). The molecule has 0 spiro atoms. The van der Waals surface area contributed by atoms with Crippen LogP contribution >= 0.6 is 0 Å². The quantitative estimate of drug-likeness (QED) is 0.0487. The van der Waals surface area contributed by atoms with Crippen molar-refractivity contribution in [2.75, 3.05) is 0 Å². The number of benzene rings is 6.